The van der Waals surface area contributed by atoms with Crippen molar-refractivity contribution in [3.05, 3.63) is 41.9 Å². The Labute approximate surface area is 139 Å². The summed E-state index contributed by atoms with van der Waals surface area (Å²) in [7, 11) is 3.04. The second kappa shape index (κ2) is 6.92. The van der Waals surface area contributed by atoms with Gasteiger partial charge in [-0.2, -0.15) is 0 Å². The van der Waals surface area contributed by atoms with E-state index in [1.165, 1.54) is 7.11 Å². The summed E-state index contributed by atoms with van der Waals surface area (Å²) >= 11 is 0. The van der Waals surface area contributed by atoms with Crippen LogP contribution in [0.5, 0.6) is 11.7 Å². The summed E-state index contributed by atoms with van der Waals surface area (Å²) in [4.78, 5) is 16.6. The lowest BCUT2D eigenvalue weighted by atomic mass is 9.75. The van der Waals surface area contributed by atoms with Gasteiger partial charge in [-0.3, -0.25) is 9.78 Å². The number of rotatable bonds is 6. The van der Waals surface area contributed by atoms with Gasteiger partial charge in [0.05, 0.1) is 32.6 Å². The third-order valence-corrected chi connectivity index (χ3v) is 4.24. The number of nitrogens with one attached hydrogen (secondary N) is 1. The number of furan rings is 1. The summed E-state index contributed by atoms with van der Waals surface area (Å²) in [6, 6.07) is 4.71. The molecule has 0 unspecified atom stereocenters. The normalized spacial score (nSPS) is 20.8. The molecule has 7 heteroatoms. The molecule has 128 valence electrons. The van der Waals surface area contributed by atoms with Crippen molar-refractivity contribution in [1.82, 2.24) is 10.3 Å². The third-order valence-electron chi connectivity index (χ3n) is 4.24. The van der Waals surface area contributed by atoms with Gasteiger partial charge >= 0.3 is 0 Å². The van der Waals surface area contributed by atoms with Gasteiger partial charge in [-0.1, -0.05) is 0 Å². The first kappa shape index (κ1) is 16.3. The summed E-state index contributed by atoms with van der Waals surface area (Å²) < 4.78 is 15.5. The predicted octanol–water partition coefficient (Wildman–Crippen LogP) is 1.93. The Bertz CT molecular complexity index is 709. The van der Waals surface area contributed by atoms with E-state index in [9.17, 15) is 9.90 Å². The summed E-state index contributed by atoms with van der Waals surface area (Å²) in [5.41, 5.74) is 0.832. The fourth-order valence-corrected chi connectivity index (χ4v) is 2.86. The van der Waals surface area contributed by atoms with Gasteiger partial charge < -0.3 is 24.3 Å². The van der Waals surface area contributed by atoms with Crippen LogP contribution < -0.4 is 14.8 Å². The molecule has 1 aliphatic carbocycles. The Hall–Kier alpha value is -2.54. The molecule has 0 radical (unpaired) electrons. The zero-order valence-electron chi connectivity index (χ0n) is 13.6. The molecule has 0 aromatic carbocycles. The number of carbonyl (C=O) groups is 1. The van der Waals surface area contributed by atoms with Crippen LogP contribution in [0, 0.1) is 5.92 Å². The number of pyridine rings is 1. The average molecular weight is 332 g/mol. The maximum Gasteiger partial charge on any atom is 0.287 e. The summed E-state index contributed by atoms with van der Waals surface area (Å²) in [5, 5.41) is 12.6. The monoisotopic (exact) mass is 332 g/mol. The van der Waals surface area contributed by atoms with Gasteiger partial charge in [0.2, 0.25) is 0 Å². The van der Waals surface area contributed by atoms with Crippen LogP contribution in [-0.4, -0.2) is 36.3 Å². The van der Waals surface area contributed by atoms with Crippen molar-refractivity contribution in [3.8, 4) is 11.7 Å². The number of aromatic nitrogens is 1. The van der Waals surface area contributed by atoms with E-state index in [0.29, 0.717) is 18.6 Å². The number of amides is 1. The van der Waals surface area contributed by atoms with Crippen LogP contribution in [-0.2, 0) is 0 Å². The van der Waals surface area contributed by atoms with E-state index in [2.05, 4.69) is 10.3 Å². The van der Waals surface area contributed by atoms with E-state index in [1.54, 1.807) is 31.6 Å². The highest BCUT2D eigenvalue weighted by Crippen LogP contribution is 2.38. The second-order valence-corrected chi connectivity index (χ2v) is 5.82. The zero-order chi connectivity index (χ0) is 17.1. The van der Waals surface area contributed by atoms with Crippen molar-refractivity contribution in [2.75, 3.05) is 14.2 Å². The predicted molar refractivity (Wildman–Crippen MR) is 85.0 cm³/mol. The smallest absolute Gasteiger partial charge is 0.287 e. The lowest BCUT2D eigenvalue weighted by Crippen LogP contribution is -2.41. The third kappa shape index (κ3) is 3.35. The van der Waals surface area contributed by atoms with Crippen molar-refractivity contribution in [1.29, 1.82) is 0 Å². The largest absolute Gasteiger partial charge is 0.495 e. The Kier molecular flexibility index (Phi) is 4.71. The van der Waals surface area contributed by atoms with Crippen LogP contribution in [0.1, 0.15) is 35.0 Å². The number of aliphatic hydroxyl groups is 1. The van der Waals surface area contributed by atoms with Crippen molar-refractivity contribution < 1.29 is 23.8 Å². The van der Waals surface area contributed by atoms with Gasteiger partial charge in [0.1, 0.15) is 5.75 Å². The van der Waals surface area contributed by atoms with Crippen LogP contribution in [0.2, 0.25) is 0 Å². The molecule has 0 bridgehead atoms. The Morgan fingerprint density at radius 1 is 1.33 bits per heavy atom. The molecule has 2 aromatic heterocycles. The molecular weight excluding hydrogens is 312 g/mol. The molecule has 1 saturated carbocycles. The van der Waals surface area contributed by atoms with Crippen LogP contribution in [0.4, 0.5) is 0 Å². The number of ether oxygens (including phenoxy) is 2. The van der Waals surface area contributed by atoms with Gasteiger partial charge in [-0.05, 0) is 36.5 Å². The van der Waals surface area contributed by atoms with Crippen LogP contribution in [0.3, 0.4) is 0 Å². The van der Waals surface area contributed by atoms with Gasteiger partial charge in [0, 0.05) is 12.3 Å². The van der Waals surface area contributed by atoms with E-state index >= 15 is 0 Å². The van der Waals surface area contributed by atoms with E-state index in [1.807, 2.05) is 6.07 Å². The SMILES string of the molecule is COc1cncc([C@H](NC(=O)c2ccc(OC)o2)C2CC(O)C2)c1. The highest BCUT2D eigenvalue weighted by Gasteiger charge is 2.36. The molecule has 1 atom stereocenters. The number of carbonyl (C=O) groups excluding carboxylic acids is 1. The van der Waals surface area contributed by atoms with E-state index in [4.69, 9.17) is 13.9 Å². The first-order valence-corrected chi connectivity index (χ1v) is 7.72. The number of nitrogens with zero attached hydrogens (tertiary/aromatic N) is 1. The first-order valence-electron chi connectivity index (χ1n) is 7.72. The number of aliphatic hydroxyl groups excluding tert-OH is 1. The molecule has 1 aliphatic rings. The summed E-state index contributed by atoms with van der Waals surface area (Å²) in [6.45, 7) is 0. The highest BCUT2D eigenvalue weighted by molar-refractivity contribution is 5.91. The van der Waals surface area contributed by atoms with E-state index < -0.39 is 0 Å². The van der Waals surface area contributed by atoms with E-state index in [0.717, 1.165) is 5.56 Å². The van der Waals surface area contributed by atoms with Crippen molar-refractivity contribution in [2.45, 2.75) is 25.0 Å². The summed E-state index contributed by atoms with van der Waals surface area (Å²) in [6.07, 6.45) is 4.24. The lowest BCUT2D eigenvalue weighted by Gasteiger charge is -2.38. The van der Waals surface area contributed by atoms with Crippen LogP contribution in [0.15, 0.2) is 35.0 Å². The molecule has 7 nitrogen and oxygen atoms in total. The number of methoxy groups -OCH3 is 2. The molecule has 0 saturated heterocycles. The molecular formula is C17H20N2O5. The topological polar surface area (TPSA) is 93.8 Å². The van der Waals surface area contributed by atoms with Gasteiger partial charge in [-0.25, -0.2) is 0 Å². The van der Waals surface area contributed by atoms with Crippen molar-refractivity contribution >= 4 is 5.91 Å². The van der Waals surface area contributed by atoms with Crippen LogP contribution >= 0.6 is 0 Å². The van der Waals surface area contributed by atoms with E-state index in [-0.39, 0.29) is 35.7 Å². The molecule has 2 N–H and O–H groups in total. The maximum absolute atomic E-state index is 12.5. The molecule has 2 heterocycles. The quantitative estimate of drug-likeness (QED) is 0.839. The molecule has 24 heavy (non-hydrogen) atoms. The van der Waals surface area contributed by atoms with Crippen LogP contribution in [0.25, 0.3) is 0 Å². The lowest BCUT2D eigenvalue weighted by molar-refractivity contribution is 0.0231. The minimum atomic E-state index is -0.340. The molecule has 1 amide bonds. The number of hydrogen-bond donors (Lipinski definition) is 2. The Morgan fingerprint density at radius 2 is 2.12 bits per heavy atom. The summed E-state index contributed by atoms with van der Waals surface area (Å²) in [5.74, 6) is 0.861. The highest BCUT2D eigenvalue weighted by atomic mass is 16.6. The molecule has 2 aromatic rings. The van der Waals surface area contributed by atoms with Crippen molar-refractivity contribution in [2.24, 2.45) is 5.92 Å². The average Bonchev–Trinajstić information content (AvgIpc) is 3.06. The van der Waals surface area contributed by atoms with Gasteiger partial charge in [-0.15, -0.1) is 0 Å². The fraction of sp³-hybridized carbons (Fsp3) is 0.412. The minimum absolute atomic E-state index is 0.134. The molecule has 0 spiro atoms. The van der Waals surface area contributed by atoms with Crippen molar-refractivity contribution in [3.63, 3.8) is 0 Å². The molecule has 0 aliphatic heterocycles. The Morgan fingerprint density at radius 3 is 2.75 bits per heavy atom. The zero-order valence-corrected chi connectivity index (χ0v) is 13.6. The number of hydrogen-bond acceptors (Lipinski definition) is 6. The molecule has 3 rings (SSSR count). The van der Waals surface area contributed by atoms with Gasteiger partial charge in [0.25, 0.3) is 11.9 Å². The second-order valence-electron chi connectivity index (χ2n) is 5.82. The standard InChI is InChI=1S/C17H20N2O5/c1-22-13-7-11(8-18-9-13)16(10-5-12(20)6-10)19-17(21)14-3-4-15(23-2)24-14/h3-4,7-10,12,16,20H,5-6H2,1-2H3,(H,19,21)/t10?,12?,16-/m1/s1. The minimum Gasteiger partial charge on any atom is -0.495 e. The first-order chi connectivity index (χ1) is 11.6. The Balaban J connectivity index is 1.80. The molecule has 1 fully saturated rings. The van der Waals surface area contributed by atoms with Gasteiger partial charge in [0.15, 0.2) is 5.76 Å². The fourth-order valence-electron chi connectivity index (χ4n) is 2.86. The maximum atomic E-state index is 12.5.